The van der Waals surface area contributed by atoms with Crippen LogP contribution in [0.25, 0.3) is 11.0 Å². The van der Waals surface area contributed by atoms with Crippen molar-refractivity contribution in [2.75, 3.05) is 0 Å². The van der Waals surface area contributed by atoms with E-state index in [-0.39, 0.29) is 5.78 Å². The highest BCUT2D eigenvalue weighted by Gasteiger charge is 2.35. The standard InChI is InChI=1S/C20H16O4/c1-10-8-11(2)17-14(9-16(21)24-19(17)12(10)3)20-18(22)13-6-4-5-7-15(13)23-20/h4-9,20H,1-3H3/t20-/m0/s1. The summed E-state index contributed by atoms with van der Waals surface area (Å²) >= 11 is 0. The van der Waals surface area contributed by atoms with E-state index in [0.717, 1.165) is 22.1 Å². The minimum atomic E-state index is -0.810. The summed E-state index contributed by atoms with van der Waals surface area (Å²) in [5, 5.41) is 0.781. The third-order valence-electron chi connectivity index (χ3n) is 4.67. The molecule has 120 valence electrons. The van der Waals surface area contributed by atoms with E-state index in [1.165, 1.54) is 6.07 Å². The van der Waals surface area contributed by atoms with Gasteiger partial charge in [-0.25, -0.2) is 4.79 Å². The monoisotopic (exact) mass is 320 g/mol. The van der Waals surface area contributed by atoms with Gasteiger partial charge in [0.05, 0.1) is 5.56 Å². The zero-order chi connectivity index (χ0) is 17.0. The lowest BCUT2D eigenvalue weighted by molar-refractivity contribution is 0.0859. The van der Waals surface area contributed by atoms with Crippen LogP contribution in [0, 0.1) is 20.8 Å². The Morgan fingerprint density at radius 1 is 0.958 bits per heavy atom. The molecule has 0 bridgehead atoms. The number of fused-ring (bicyclic) bond motifs is 2. The second-order valence-electron chi connectivity index (χ2n) is 6.22. The average Bonchev–Trinajstić information content (AvgIpc) is 2.89. The van der Waals surface area contributed by atoms with Gasteiger partial charge in [0, 0.05) is 17.0 Å². The van der Waals surface area contributed by atoms with Gasteiger partial charge in [-0.3, -0.25) is 4.79 Å². The topological polar surface area (TPSA) is 56.5 Å². The van der Waals surface area contributed by atoms with Crippen molar-refractivity contribution in [2.45, 2.75) is 26.9 Å². The summed E-state index contributed by atoms with van der Waals surface area (Å²) in [6, 6.07) is 10.5. The van der Waals surface area contributed by atoms with Crippen molar-refractivity contribution in [1.82, 2.24) is 0 Å². The number of carbonyl (C=O) groups is 1. The molecule has 0 amide bonds. The molecule has 0 unspecified atom stereocenters. The van der Waals surface area contributed by atoms with Crippen LogP contribution in [0.5, 0.6) is 5.75 Å². The maximum atomic E-state index is 12.8. The molecule has 0 fully saturated rings. The Morgan fingerprint density at radius 2 is 1.71 bits per heavy atom. The van der Waals surface area contributed by atoms with E-state index in [0.29, 0.717) is 22.5 Å². The van der Waals surface area contributed by atoms with Crippen LogP contribution in [-0.4, -0.2) is 5.78 Å². The molecule has 0 spiro atoms. The maximum Gasteiger partial charge on any atom is 0.336 e. The van der Waals surface area contributed by atoms with Gasteiger partial charge in [0.1, 0.15) is 11.3 Å². The highest BCUT2D eigenvalue weighted by molar-refractivity contribution is 6.07. The minimum absolute atomic E-state index is 0.130. The van der Waals surface area contributed by atoms with Crippen LogP contribution in [0.2, 0.25) is 0 Å². The highest BCUT2D eigenvalue weighted by Crippen LogP contribution is 2.39. The summed E-state index contributed by atoms with van der Waals surface area (Å²) in [7, 11) is 0. The number of Topliss-reactive ketones (excluding diaryl/α,β-unsaturated/α-hetero) is 1. The number of hydrogen-bond acceptors (Lipinski definition) is 4. The largest absolute Gasteiger partial charge is 0.477 e. The van der Waals surface area contributed by atoms with Gasteiger partial charge in [0.15, 0.2) is 6.10 Å². The smallest absolute Gasteiger partial charge is 0.336 e. The van der Waals surface area contributed by atoms with Crippen molar-refractivity contribution in [3.8, 4) is 5.75 Å². The predicted octanol–water partition coefficient (Wildman–Crippen LogP) is 4.03. The second kappa shape index (κ2) is 5.06. The van der Waals surface area contributed by atoms with Gasteiger partial charge in [-0.2, -0.15) is 0 Å². The second-order valence-corrected chi connectivity index (χ2v) is 6.22. The molecule has 24 heavy (non-hydrogen) atoms. The Labute approximate surface area is 138 Å². The fourth-order valence-electron chi connectivity index (χ4n) is 3.37. The number of benzene rings is 2. The van der Waals surface area contributed by atoms with Crippen molar-refractivity contribution in [3.05, 3.63) is 74.6 Å². The zero-order valence-corrected chi connectivity index (χ0v) is 13.7. The Balaban J connectivity index is 2.01. The number of hydrogen-bond donors (Lipinski definition) is 0. The van der Waals surface area contributed by atoms with Gasteiger partial charge in [-0.15, -0.1) is 0 Å². The van der Waals surface area contributed by atoms with Gasteiger partial charge in [-0.1, -0.05) is 18.2 Å². The lowest BCUT2D eigenvalue weighted by Gasteiger charge is -2.15. The molecule has 1 aliphatic heterocycles. The molecule has 0 aliphatic carbocycles. The fraction of sp³-hybridized carbons (Fsp3) is 0.200. The lowest BCUT2D eigenvalue weighted by atomic mass is 9.94. The van der Waals surface area contributed by atoms with E-state index in [1.807, 2.05) is 32.9 Å². The van der Waals surface area contributed by atoms with Crippen LogP contribution in [0.3, 0.4) is 0 Å². The number of ether oxygens (including phenoxy) is 1. The number of carbonyl (C=O) groups excluding carboxylic acids is 1. The van der Waals surface area contributed by atoms with Gasteiger partial charge in [-0.05, 0) is 49.6 Å². The summed E-state index contributed by atoms with van der Waals surface area (Å²) in [5.74, 6) is 0.422. The van der Waals surface area contributed by atoms with E-state index in [4.69, 9.17) is 9.15 Å². The van der Waals surface area contributed by atoms with E-state index >= 15 is 0 Å². The van der Waals surface area contributed by atoms with Gasteiger partial charge in [0.2, 0.25) is 5.78 Å². The van der Waals surface area contributed by atoms with Crippen molar-refractivity contribution < 1.29 is 13.9 Å². The molecule has 0 N–H and O–H groups in total. The molecule has 3 aromatic rings. The Morgan fingerprint density at radius 3 is 2.46 bits per heavy atom. The first-order valence-electron chi connectivity index (χ1n) is 7.82. The van der Waals surface area contributed by atoms with Crippen LogP contribution in [0.15, 0.2) is 45.6 Å². The quantitative estimate of drug-likeness (QED) is 0.635. The molecule has 4 rings (SSSR count). The van der Waals surface area contributed by atoms with Crippen molar-refractivity contribution in [1.29, 1.82) is 0 Å². The molecule has 1 aliphatic rings. The molecule has 4 nitrogen and oxygen atoms in total. The molecule has 1 aromatic heterocycles. The number of rotatable bonds is 1. The molecule has 1 atom stereocenters. The predicted molar refractivity (Wildman–Crippen MR) is 90.8 cm³/mol. The third kappa shape index (κ3) is 1.99. The minimum Gasteiger partial charge on any atom is -0.477 e. The first kappa shape index (κ1) is 14.7. The molecular weight excluding hydrogens is 304 g/mol. The van der Waals surface area contributed by atoms with E-state index in [1.54, 1.807) is 18.2 Å². The lowest BCUT2D eigenvalue weighted by Crippen LogP contribution is -2.15. The summed E-state index contributed by atoms with van der Waals surface area (Å²) in [4.78, 5) is 24.8. The van der Waals surface area contributed by atoms with E-state index < -0.39 is 11.7 Å². The molecule has 0 radical (unpaired) electrons. The van der Waals surface area contributed by atoms with Crippen molar-refractivity contribution >= 4 is 16.8 Å². The summed E-state index contributed by atoms with van der Waals surface area (Å²) in [6.07, 6.45) is -0.810. The first-order chi connectivity index (χ1) is 11.5. The van der Waals surface area contributed by atoms with Gasteiger partial charge >= 0.3 is 5.63 Å². The van der Waals surface area contributed by atoms with E-state index in [2.05, 4.69) is 0 Å². The van der Waals surface area contributed by atoms with E-state index in [9.17, 15) is 9.59 Å². The SMILES string of the molecule is Cc1cc(C)c2c([C@@H]3Oc4ccccc4C3=O)cc(=O)oc2c1C. The maximum absolute atomic E-state index is 12.8. The number of para-hydroxylation sites is 1. The normalized spacial score (nSPS) is 16.3. The summed E-state index contributed by atoms with van der Waals surface area (Å²) in [5.41, 5.74) is 4.08. The highest BCUT2D eigenvalue weighted by atomic mass is 16.5. The first-order valence-corrected chi connectivity index (χ1v) is 7.82. The van der Waals surface area contributed by atoms with Crippen LogP contribution in [0.1, 0.15) is 38.7 Å². The Hall–Kier alpha value is -2.88. The van der Waals surface area contributed by atoms with Crippen LogP contribution >= 0.6 is 0 Å². The molecule has 2 aromatic carbocycles. The molecule has 4 heteroatoms. The Bertz CT molecular complexity index is 1060. The zero-order valence-electron chi connectivity index (χ0n) is 13.7. The summed E-state index contributed by atoms with van der Waals surface area (Å²) < 4.78 is 11.3. The van der Waals surface area contributed by atoms with Gasteiger partial charge in [0.25, 0.3) is 0 Å². The van der Waals surface area contributed by atoms with Crippen LogP contribution in [0.4, 0.5) is 0 Å². The Kier molecular flexibility index (Phi) is 3.10. The average molecular weight is 320 g/mol. The molecule has 2 heterocycles. The molecule has 0 saturated carbocycles. The number of ketones is 1. The number of aryl methyl sites for hydroxylation is 3. The third-order valence-corrected chi connectivity index (χ3v) is 4.67. The van der Waals surface area contributed by atoms with Gasteiger partial charge < -0.3 is 9.15 Å². The van der Waals surface area contributed by atoms with Crippen LogP contribution in [-0.2, 0) is 0 Å². The summed E-state index contributed by atoms with van der Waals surface area (Å²) in [6.45, 7) is 5.84. The van der Waals surface area contributed by atoms with Crippen LogP contribution < -0.4 is 10.4 Å². The fourth-order valence-corrected chi connectivity index (χ4v) is 3.37. The molecule has 0 saturated heterocycles. The van der Waals surface area contributed by atoms with Crippen molar-refractivity contribution in [2.24, 2.45) is 0 Å². The molecular formula is C20H16O4. The van der Waals surface area contributed by atoms with Crippen molar-refractivity contribution in [3.63, 3.8) is 0 Å².